The van der Waals surface area contributed by atoms with Crippen molar-refractivity contribution in [3.63, 3.8) is 0 Å². The van der Waals surface area contributed by atoms with E-state index in [9.17, 15) is 9.90 Å². The van der Waals surface area contributed by atoms with Gasteiger partial charge in [-0.2, -0.15) is 0 Å². The molecular formula is C18H35NO2. The molecule has 1 amide bonds. The molecule has 3 nitrogen and oxygen atoms in total. The summed E-state index contributed by atoms with van der Waals surface area (Å²) in [5.41, 5.74) is 0.368. The third-order valence-corrected chi connectivity index (χ3v) is 4.49. The normalized spacial score (nSPS) is 21.7. The van der Waals surface area contributed by atoms with E-state index >= 15 is 0 Å². The van der Waals surface area contributed by atoms with E-state index in [1.54, 1.807) is 0 Å². The summed E-state index contributed by atoms with van der Waals surface area (Å²) in [6.45, 7) is 14.5. The first-order chi connectivity index (χ1) is 9.50. The Morgan fingerprint density at radius 3 is 2.24 bits per heavy atom. The third-order valence-electron chi connectivity index (χ3n) is 4.49. The Morgan fingerprint density at radius 2 is 1.81 bits per heavy atom. The topological polar surface area (TPSA) is 40.5 Å². The van der Waals surface area contributed by atoms with Crippen LogP contribution in [-0.4, -0.2) is 35.1 Å². The minimum atomic E-state index is -0.324. The number of aliphatic hydroxyl groups is 1. The number of hydrogen-bond donors (Lipinski definition) is 1. The summed E-state index contributed by atoms with van der Waals surface area (Å²) >= 11 is 0. The van der Waals surface area contributed by atoms with E-state index in [4.69, 9.17) is 0 Å². The highest BCUT2D eigenvalue weighted by atomic mass is 16.3. The van der Waals surface area contributed by atoms with Crippen molar-refractivity contribution in [2.24, 2.45) is 16.7 Å². The lowest BCUT2D eigenvalue weighted by Crippen LogP contribution is -2.40. The monoisotopic (exact) mass is 297 g/mol. The van der Waals surface area contributed by atoms with Gasteiger partial charge in [0.15, 0.2) is 0 Å². The number of β-amino-alcohol motifs (C(OH)–C–C–N with tert-alkyl or cyclic N) is 1. The number of carbonyl (C=O) groups excluding carboxylic acids is 1. The molecule has 0 aromatic carbocycles. The molecule has 3 heteroatoms. The highest BCUT2D eigenvalue weighted by Gasteiger charge is 2.36. The number of aliphatic hydroxyl groups excluding tert-OH is 1. The molecule has 0 aromatic heterocycles. The maximum Gasteiger partial charge on any atom is 0.226 e. The van der Waals surface area contributed by atoms with Crippen LogP contribution in [0.4, 0.5) is 0 Å². The standard InChI is InChI=1S/C18H35NO2/c1-17(2,3)11-8-7-9-15(18(4,5)6)16(21)19-12-10-14(20)13-19/h14-15,20H,7-13H2,1-6H3. The van der Waals surface area contributed by atoms with Gasteiger partial charge in [-0.25, -0.2) is 0 Å². The first kappa shape index (κ1) is 18.5. The molecule has 21 heavy (non-hydrogen) atoms. The zero-order valence-corrected chi connectivity index (χ0v) is 14.9. The summed E-state index contributed by atoms with van der Waals surface area (Å²) in [5, 5.41) is 9.64. The van der Waals surface area contributed by atoms with Crippen LogP contribution in [0.15, 0.2) is 0 Å². The minimum Gasteiger partial charge on any atom is -0.391 e. The Morgan fingerprint density at radius 1 is 1.19 bits per heavy atom. The quantitative estimate of drug-likeness (QED) is 0.783. The molecule has 0 spiro atoms. The maximum absolute atomic E-state index is 12.7. The van der Waals surface area contributed by atoms with Gasteiger partial charge in [0.2, 0.25) is 5.91 Å². The molecule has 1 rings (SSSR count). The van der Waals surface area contributed by atoms with Crippen LogP contribution in [0.5, 0.6) is 0 Å². The average molecular weight is 297 g/mol. The third kappa shape index (κ3) is 6.37. The van der Waals surface area contributed by atoms with Gasteiger partial charge in [0.25, 0.3) is 0 Å². The van der Waals surface area contributed by atoms with Gasteiger partial charge in [0.1, 0.15) is 0 Å². The van der Waals surface area contributed by atoms with Crippen LogP contribution >= 0.6 is 0 Å². The number of hydrogen-bond acceptors (Lipinski definition) is 2. The Hall–Kier alpha value is -0.570. The SMILES string of the molecule is CC(C)(C)CCCCC(C(=O)N1CCC(O)C1)C(C)(C)C. The highest BCUT2D eigenvalue weighted by Crippen LogP contribution is 2.34. The molecule has 1 aliphatic rings. The van der Waals surface area contributed by atoms with Gasteiger partial charge in [-0.1, -0.05) is 54.4 Å². The molecule has 0 radical (unpaired) electrons. The molecular weight excluding hydrogens is 262 g/mol. The van der Waals surface area contributed by atoms with Crippen molar-refractivity contribution in [2.75, 3.05) is 13.1 Å². The van der Waals surface area contributed by atoms with Crippen molar-refractivity contribution in [1.82, 2.24) is 4.90 Å². The second-order valence-corrected chi connectivity index (χ2v) is 8.95. The number of rotatable bonds is 5. The fourth-order valence-electron chi connectivity index (χ4n) is 3.09. The second kappa shape index (κ2) is 7.13. The summed E-state index contributed by atoms with van der Waals surface area (Å²) in [6.07, 6.45) is 4.88. The van der Waals surface area contributed by atoms with Gasteiger partial charge in [-0.05, 0) is 30.1 Å². The van der Waals surface area contributed by atoms with Gasteiger partial charge in [-0.3, -0.25) is 4.79 Å². The fraction of sp³-hybridized carbons (Fsp3) is 0.944. The van der Waals surface area contributed by atoms with E-state index in [-0.39, 0.29) is 23.3 Å². The van der Waals surface area contributed by atoms with Crippen molar-refractivity contribution >= 4 is 5.91 Å². The van der Waals surface area contributed by atoms with E-state index in [2.05, 4.69) is 41.5 Å². The summed E-state index contributed by atoms with van der Waals surface area (Å²) in [5.74, 6) is 0.317. The maximum atomic E-state index is 12.7. The van der Waals surface area contributed by atoms with Crippen LogP contribution < -0.4 is 0 Å². The summed E-state index contributed by atoms with van der Waals surface area (Å²) in [4.78, 5) is 14.6. The molecule has 0 saturated carbocycles. The molecule has 0 aliphatic carbocycles. The minimum absolute atomic E-state index is 0.00758. The number of amides is 1. The van der Waals surface area contributed by atoms with Crippen LogP contribution in [0.25, 0.3) is 0 Å². The molecule has 1 N–H and O–H groups in total. The van der Waals surface area contributed by atoms with Gasteiger partial charge in [0, 0.05) is 19.0 Å². The van der Waals surface area contributed by atoms with Crippen molar-refractivity contribution < 1.29 is 9.90 Å². The van der Waals surface area contributed by atoms with Gasteiger partial charge in [0.05, 0.1) is 6.10 Å². The summed E-state index contributed by atoms with van der Waals surface area (Å²) in [7, 11) is 0. The van der Waals surface area contributed by atoms with Crippen molar-refractivity contribution in [3.8, 4) is 0 Å². The van der Waals surface area contributed by atoms with Crippen molar-refractivity contribution in [1.29, 1.82) is 0 Å². The summed E-state index contributed by atoms with van der Waals surface area (Å²) in [6, 6.07) is 0. The Balaban J connectivity index is 2.54. The molecule has 0 bridgehead atoms. The van der Waals surface area contributed by atoms with Crippen LogP contribution in [0.3, 0.4) is 0 Å². The van der Waals surface area contributed by atoms with Crippen LogP contribution in [0, 0.1) is 16.7 Å². The second-order valence-electron chi connectivity index (χ2n) is 8.95. The molecule has 2 atom stereocenters. The zero-order chi connectivity index (χ0) is 16.3. The zero-order valence-electron chi connectivity index (χ0n) is 14.9. The van der Waals surface area contributed by atoms with E-state index < -0.39 is 0 Å². The van der Waals surface area contributed by atoms with Crippen molar-refractivity contribution in [2.45, 2.75) is 79.8 Å². The first-order valence-electron chi connectivity index (χ1n) is 8.47. The molecule has 1 fully saturated rings. The van der Waals surface area contributed by atoms with E-state index in [1.165, 1.54) is 12.8 Å². The first-order valence-corrected chi connectivity index (χ1v) is 8.47. The van der Waals surface area contributed by atoms with Crippen LogP contribution in [0.2, 0.25) is 0 Å². The number of carbonyl (C=O) groups is 1. The van der Waals surface area contributed by atoms with Gasteiger partial charge in [-0.15, -0.1) is 0 Å². The van der Waals surface area contributed by atoms with Crippen molar-refractivity contribution in [3.05, 3.63) is 0 Å². The van der Waals surface area contributed by atoms with Gasteiger partial charge < -0.3 is 10.0 Å². The van der Waals surface area contributed by atoms with E-state index in [0.29, 0.717) is 18.5 Å². The fourth-order valence-corrected chi connectivity index (χ4v) is 3.09. The lowest BCUT2D eigenvalue weighted by molar-refractivity contribution is -0.138. The molecule has 0 aromatic rings. The van der Waals surface area contributed by atoms with E-state index in [0.717, 1.165) is 19.3 Å². The molecule has 124 valence electrons. The Kier molecular flexibility index (Phi) is 6.27. The molecule has 1 heterocycles. The number of likely N-dealkylation sites (tertiary alicyclic amines) is 1. The molecule has 2 unspecified atom stereocenters. The average Bonchev–Trinajstić information content (AvgIpc) is 2.72. The van der Waals surface area contributed by atoms with Crippen LogP contribution in [-0.2, 0) is 4.79 Å². The smallest absolute Gasteiger partial charge is 0.226 e. The predicted octanol–water partition coefficient (Wildman–Crippen LogP) is 3.85. The molecule has 1 aliphatic heterocycles. The Labute approximate surface area is 131 Å². The van der Waals surface area contributed by atoms with Gasteiger partial charge >= 0.3 is 0 Å². The van der Waals surface area contributed by atoms with E-state index in [1.807, 2.05) is 4.90 Å². The largest absolute Gasteiger partial charge is 0.391 e. The lowest BCUT2D eigenvalue weighted by atomic mass is 9.76. The lowest BCUT2D eigenvalue weighted by Gasteiger charge is -2.33. The predicted molar refractivity (Wildman–Crippen MR) is 88.1 cm³/mol. The molecule has 1 saturated heterocycles. The van der Waals surface area contributed by atoms with Crippen LogP contribution in [0.1, 0.15) is 73.6 Å². The summed E-state index contributed by atoms with van der Waals surface area (Å²) < 4.78 is 0. The Bertz CT molecular complexity index is 338. The number of nitrogens with zero attached hydrogens (tertiary/aromatic N) is 1. The number of unbranched alkanes of at least 4 members (excludes halogenated alkanes) is 1. The highest BCUT2D eigenvalue weighted by molar-refractivity contribution is 5.79.